The van der Waals surface area contributed by atoms with E-state index < -0.39 is 0 Å². The Morgan fingerprint density at radius 3 is 2.72 bits per heavy atom. The number of anilines is 2. The van der Waals surface area contributed by atoms with E-state index in [-0.39, 0.29) is 0 Å². The number of nitrogens with zero attached hydrogens (tertiary/aromatic N) is 3. The van der Waals surface area contributed by atoms with Gasteiger partial charge in [0.25, 0.3) is 0 Å². The van der Waals surface area contributed by atoms with Crippen LogP contribution in [0.25, 0.3) is 0 Å². The van der Waals surface area contributed by atoms with E-state index in [9.17, 15) is 0 Å². The molecule has 1 aliphatic rings. The maximum Gasteiger partial charge on any atom is 0.204 e. The van der Waals surface area contributed by atoms with Crippen molar-refractivity contribution < 1.29 is 9.47 Å². The van der Waals surface area contributed by atoms with Crippen molar-refractivity contribution in [2.24, 2.45) is 0 Å². The summed E-state index contributed by atoms with van der Waals surface area (Å²) in [5.74, 6) is 1.72. The number of rotatable bonds is 4. The van der Waals surface area contributed by atoms with E-state index in [0.29, 0.717) is 17.7 Å². The van der Waals surface area contributed by atoms with Gasteiger partial charge in [-0.25, -0.2) is 9.97 Å². The minimum atomic E-state index is 0.358. The molecule has 0 spiro atoms. The number of methoxy groups -OCH3 is 1. The molecular weight excluding hydrogens is 232 g/mol. The van der Waals surface area contributed by atoms with Crippen molar-refractivity contribution >= 4 is 11.6 Å². The summed E-state index contributed by atoms with van der Waals surface area (Å²) in [5.41, 5.74) is 5.79. The fourth-order valence-corrected chi connectivity index (χ4v) is 2.27. The van der Waals surface area contributed by atoms with Gasteiger partial charge in [-0.05, 0) is 19.8 Å². The van der Waals surface area contributed by atoms with Gasteiger partial charge < -0.3 is 20.1 Å². The van der Waals surface area contributed by atoms with Crippen molar-refractivity contribution in [2.45, 2.75) is 25.9 Å². The molecule has 100 valence electrons. The van der Waals surface area contributed by atoms with Gasteiger partial charge in [0.15, 0.2) is 11.6 Å². The number of ether oxygens (including phenoxy) is 2. The average Bonchev–Trinajstić information content (AvgIpc) is 2.40. The lowest BCUT2D eigenvalue weighted by molar-refractivity contribution is 0.0458. The third-order valence-electron chi connectivity index (χ3n) is 3.16. The summed E-state index contributed by atoms with van der Waals surface area (Å²) in [5, 5.41) is 0. The summed E-state index contributed by atoms with van der Waals surface area (Å²) in [6, 6.07) is 0. The summed E-state index contributed by atoms with van der Waals surface area (Å²) < 4.78 is 10.9. The lowest BCUT2D eigenvalue weighted by Gasteiger charge is -2.33. The number of aromatic nitrogens is 2. The Labute approximate surface area is 107 Å². The van der Waals surface area contributed by atoms with Crippen LogP contribution >= 0.6 is 0 Å². The van der Waals surface area contributed by atoms with Gasteiger partial charge in [-0.15, -0.1) is 0 Å². The first-order valence-corrected chi connectivity index (χ1v) is 6.27. The zero-order valence-electron chi connectivity index (χ0n) is 10.9. The first kappa shape index (κ1) is 12.9. The molecule has 0 unspecified atom stereocenters. The van der Waals surface area contributed by atoms with Gasteiger partial charge in [-0.1, -0.05) is 0 Å². The van der Waals surface area contributed by atoms with Crippen LogP contribution in [0.4, 0.5) is 11.6 Å². The predicted octanol–water partition coefficient (Wildman–Crippen LogP) is 1.07. The molecule has 6 nitrogen and oxygen atoms in total. The van der Waals surface area contributed by atoms with E-state index in [1.54, 1.807) is 7.11 Å². The van der Waals surface area contributed by atoms with E-state index in [1.165, 1.54) is 6.33 Å². The van der Waals surface area contributed by atoms with Crippen LogP contribution in [0.15, 0.2) is 6.33 Å². The first-order valence-electron chi connectivity index (χ1n) is 6.27. The smallest absolute Gasteiger partial charge is 0.204 e. The van der Waals surface area contributed by atoms with Crippen LogP contribution in [-0.4, -0.2) is 42.9 Å². The van der Waals surface area contributed by atoms with Crippen molar-refractivity contribution in [1.82, 2.24) is 9.97 Å². The van der Waals surface area contributed by atoms with Crippen molar-refractivity contribution in [1.29, 1.82) is 0 Å². The molecule has 2 rings (SSSR count). The van der Waals surface area contributed by atoms with E-state index in [1.807, 2.05) is 6.92 Å². The number of hydrogen-bond acceptors (Lipinski definition) is 6. The second-order valence-electron chi connectivity index (χ2n) is 4.26. The monoisotopic (exact) mass is 252 g/mol. The molecule has 6 heteroatoms. The minimum Gasteiger partial charge on any atom is -0.490 e. The molecule has 1 aromatic heterocycles. The van der Waals surface area contributed by atoms with Gasteiger partial charge in [0, 0.05) is 19.7 Å². The summed E-state index contributed by atoms with van der Waals surface area (Å²) in [4.78, 5) is 10.4. The second-order valence-corrected chi connectivity index (χ2v) is 4.26. The van der Waals surface area contributed by atoms with Crippen LogP contribution in [0.1, 0.15) is 19.8 Å². The fraction of sp³-hybridized carbons (Fsp3) is 0.667. The standard InChI is InChI=1S/C12H20N4O2/c1-3-18-9-4-6-16(7-5-9)12-10(17-2)11(13)14-8-15-12/h8-9H,3-7H2,1-2H3,(H2,13,14,15). The van der Waals surface area contributed by atoms with E-state index in [0.717, 1.165) is 38.4 Å². The third kappa shape index (κ3) is 2.64. The molecule has 1 aliphatic heterocycles. The summed E-state index contributed by atoms with van der Waals surface area (Å²) in [6.07, 6.45) is 3.83. The van der Waals surface area contributed by atoms with Gasteiger partial charge in [0.1, 0.15) is 6.33 Å². The highest BCUT2D eigenvalue weighted by Crippen LogP contribution is 2.31. The summed E-state index contributed by atoms with van der Waals surface area (Å²) in [6.45, 7) is 4.60. The molecule has 0 aromatic carbocycles. The Hall–Kier alpha value is -1.56. The fourth-order valence-electron chi connectivity index (χ4n) is 2.27. The maximum absolute atomic E-state index is 5.79. The van der Waals surface area contributed by atoms with Crippen molar-refractivity contribution in [3.05, 3.63) is 6.33 Å². The Balaban J connectivity index is 2.07. The largest absolute Gasteiger partial charge is 0.490 e. The molecule has 0 atom stereocenters. The summed E-state index contributed by atoms with van der Waals surface area (Å²) in [7, 11) is 1.59. The minimum absolute atomic E-state index is 0.358. The van der Waals surface area contributed by atoms with Crippen LogP contribution in [0.2, 0.25) is 0 Å². The zero-order valence-corrected chi connectivity index (χ0v) is 10.9. The molecule has 1 fully saturated rings. The van der Waals surface area contributed by atoms with Crippen LogP contribution in [0, 0.1) is 0 Å². The molecule has 0 amide bonds. The Kier molecular flexibility index (Phi) is 4.19. The predicted molar refractivity (Wildman–Crippen MR) is 69.9 cm³/mol. The van der Waals surface area contributed by atoms with E-state index >= 15 is 0 Å². The highest BCUT2D eigenvalue weighted by molar-refractivity contribution is 5.62. The van der Waals surface area contributed by atoms with E-state index in [2.05, 4.69) is 14.9 Å². The molecule has 1 saturated heterocycles. The van der Waals surface area contributed by atoms with Crippen LogP contribution < -0.4 is 15.4 Å². The van der Waals surface area contributed by atoms with Crippen molar-refractivity contribution in [2.75, 3.05) is 37.4 Å². The quantitative estimate of drug-likeness (QED) is 0.864. The second kappa shape index (κ2) is 5.86. The van der Waals surface area contributed by atoms with Crippen molar-refractivity contribution in [3.8, 4) is 5.75 Å². The molecular formula is C12H20N4O2. The van der Waals surface area contributed by atoms with Gasteiger partial charge in [-0.3, -0.25) is 0 Å². The molecule has 0 bridgehead atoms. The lowest BCUT2D eigenvalue weighted by atomic mass is 10.1. The number of nitrogens with two attached hydrogens (primary N) is 1. The topological polar surface area (TPSA) is 73.5 Å². The summed E-state index contributed by atoms with van der Waals surface area (Å²) >= 11 is 0. The number of piperidine rings is 1. The average molecular weight is 252 g/mol. The van der Waals surface area contributed by atoms with Crippen LogP contribution in [0.5, 0.6) is 5.75 Å². The van der Waals surface area contributed by atoms with Gasteiger partial charge >= 0.3 is 0 Å². The molecule has 0 radical (unpaired) electrons. The lowest BCUT2D eigenvalue weighted by Crippen LogP contribution is -2.37. The van der Waals surface area contributed by atoms with E-state index in [4.69, 9.17) is 15.2 Å². The van der Waals surface area contributed by atoms with Crippen LogP contribution in [0.3, 0.4) is 0 Å². The molecule has 18 heavy (non-hydrogen) atoms. The normalized spacial score (nSPS) is 16.9. The number of hydrogen-bond donors (Lipinski definition) is 1. The number of nitrogen functional groups attached to an aromatic ring is 1. The van der Waals surface area contributed by atoms with Crippen LogP contribution in [-0.2, 0) is 4.74 Å². The SMILES string of the molecule is CCOC1CCN(c2ncnc(N)c2OC)CC1. The molecule has 2 N–H and O–H groups in total. The highest BCUT2D eigenvalue weighted by Gasteiger charge is 2.23. The Morgan fingerprint density at radius 1 is 1.39 bits per heavy atom. The van der Waals surface area contributed by atoms with Crippen molar-refractivity contribution in [3.63, 3.8) is 0 Å². The Bertz CT molecular complexity index is 392. The molecule has 0 saturated carbocycles. The maximum atomic E-state index is 5.79. The third-order valence-corrected chi connectivity index (χ3v) is 3.16. The highest BCUT2D eigenvalue weighted by atomic mass is 16.5. The van der Waals surface area contributed by atoms with Gasteiger partial charge in [0.2, 0.25) is 5.75 Å². The van der Waals surface area contributed by atoms with Gasteiger partial charge in [-0.2, -0.15) is 0 Å². The molecule has 2 heterocycles. The molecule has 1 aromatic rings. The molecule has 0 aliphatic carbocycles. The van der Waals surface area contributed by atoms with Gasteiger partial charge in [0.05, 0.1) is 13.2 Å². The zero-order chi connectivity index (χ0) is 13.0. The Morgan fingerprint density at radius 2 is 2.11 bits per heavy atom. The first-order chi connectivity index (χ1) is 8.76.